The van der Waals surface area contributed by atoms with Crippen molar-refractivity contribution in [3.8, 4) is 67.9 Å². The van der Waals surface area contributed by atoms with E-state index >= 15 is 0 Å². The van der Waals surface area contributed by atoms with Crippen molar-refractivity contribution in [2.45, 2.75) is 13.1 Å². The fourth-order valence-electron chi connectivity index (χ4n) is 11.2. The molecule has 0 N–H and O–H groups in total. The van der Waals surface area contributed by atoms with Gasteiger partial charge in [0.25, 0.3) is 0 Å². The summed E-state index contributed by atoms with van der Waals surface area (Å²) in [5.74, 6) is 3.58. The van der Waals surface area contributed by atoms with E-state index in [2.05, 4.69) is 225 Å². The Labute approximate surface area is 420 Å². The summed E-state index contributed by atoms with van der Waals surface area (Å²) in [5.41, 5.74) is 8.68. The second-order valence-electron chi connectivity index (χ2n) is 19.1. The van der Waals surface area contributed by atoms with Gasteiger partial charge >= 0.3 is 0 Å². The molecule has 0 fully saturated rings. The van der Waals surface area contributed by atoms with Crippen LogP contribution in [0.5, 0.6) is 11.5 Å². The van der Waals surface area contributed by atoms with E-state index in [1.807, 2.05) is 36.4 Å². The fourth-order valence-corrected chi connectivity index (χ4v) is 19.4. The van der Waals surface area contributed by atoms with Gasteiger partial charge in [-0.2, -0.15) is 0 Å². The average Bonchev–Trinajstić information content (AvgIpc) is 3.82. The number of fused-ring (bicyclic) bond motifs is 5. The highest BCUT2D eigenvalue weighted by Gasteiger charge is 2.43. The van der Waals surface area contributed by atoms with Crippen molar-refractivity contribution in [2.24, 2.45) is 0 Å². The van der Waals surface area contributed by atoms with E-state index in [0.29, 0.717) is 17.5 Å². The number of hydrogen-bond donors (Lipinski definition) is 0. The van der Waals surface area contributed by atoms with Gasteiger partial charge in [0.05, 0.1) is 0 Å². The summed E-state index contributed by atoms with van der Waals surface area (Å²) >= 11 is 0. The molecule has 1 aliphatic heterocycles. The third-order valence-electron chi connectivity index (χ3n) is 14.5. The highest BCUT2D eigenvalue weighted by atomic mass is 28.3. The minimum Gasteiger partial charge on any atom is -0.458 e. The Bertz CT molecular complexity index is 3890. The molecule has 0 bridgehead atoms. The van der Waals surface area contributed by atoms with Gasteiger partial charge in [-0.25, -0.2) is 15.0 Å². The van der Waals surface area contributed by atoms with Crippen LogP contribution in [0.25, 0.3) is 78.4 Å². The standard InChI is InChI=1S/C65H47N3O2Si2/c1-71(2)61-37-20-18-34-57(61)70-58-35-21-32-53(62(58)71)47-40-46(52-30-16-19-36-60(52)72(49-24-9-4-10-25-49,50-26-11-5-12-27-50)51-28-13-6-14-29-51)41-48(42-47)65-67-63(44-22-7-3-8-23-44)66-64(68-65)45-38-39-55-54-31-15-17-33-56(54)69-59(55)43-45/h3-43H,1-2H3. The first-order valence-corrected chi connectivity index (χ1v) is 29.5. The number of ether oxygens (including phenoxy) is 1. The first kappa shape index (κ1) is 43.3. The van der Waals surface area contributed by atoms with E-state index in [4.69, 9.17) is 24.1 Å². The van der Waals surface area contributed by atoms with Crippen LogP contribution in [0, 0.1) is 0 Å². The Hall–Kier alpha value is -8.76. The second kappa shape index (κ2) is 17.6. The van der Waals surface area contributed by atoms with Gasteiger partial charge in [0.2, 0.25) is 0 Å². The minimum atomic E-state index is -3.01. The van der Waals surface area contributed by atoms with Gasteiger partial charge in [-0.3, -0.25) is 0 Å². The smallest absolute Gasteiger partial charge is 0.180 e. The monoisotopic (exact) mass is 957 g/mol. The van der Waals surface area contributed by atoms with Gasteiger partial charge in [0.15, 0.2) is 25.5 Å². The van der Waals surface area contributed by atoms with E-state index in [1.165, 1.54) is 31.1 Å². The number of benzene rings is 10. The lowest BCUT2D eigenvalue weighted by molar-refractivity contribution is 0.487. The molecule has 1 aliphatic rings. The van der Waals surface area contributed by atoms with Crippen LogP contribution in [0.2, 0.25) is 13.1 Å². The summed E-state index contributed by atoms with van der Waals surface area (Å²) in [5, 5.41) is 9.89. The summed E-state index contributed by atoms with van der Waals surface area (Å²) < 4.78 is 13.2. The molecule has 10 aromatic carbocycles. The quantitative estimate of drug-likeness (QED) is 0.107. The highest BCUT2D eigenvalue weighted by Crippen LogP contribution is 2.38. The molecule has 0 saturated heterocycles. The van der Waals surface area contributed by atoms with Crippen LogP contribution < -0.4 is 35.9 Å². The topological polar surface area (TPSA) is 61.0 Å². The van der Waals surface area contributed by atoms with Crippen molar-refractivity contribution in [2.75, 3.05) is 0 Å². The molecule has 0 unspecified atom stereocenters. The lowest BCUT2D eigenvalue weighted by Gasteiger charge is -2.36. The Kier molecular flexibility index (Phi) is 10.6. The molecule has 5 nitrogen and oxygen atoms in total. The van der Waals surface area contributed by atoms with Crippen molar-refractivity contribution in [1.29, 1.82) is 0 Å². The molecule has 342 valence electrons. The maximum Gasteiger partial charge on any atom is 0.180 e. The Balaban J connectivity index is 1.10. The predicted molar refractivity (Wildman–Crippen MR) is 301 cm³/mol. The Morgan fingerprint density at radius 1 is 0.361 bits per heavy atom. The Morgan fingerprint density at radius 3 is 1.56 bits per heavy atom. The number of para-hydroxylation sites is 2. The van der Waals surface area contributed by atoms with E-state index in [-0.39, 0.29) is 0 Å². The number of aromatic nitrogens is 3. The molecule has 13 rings (SSSR count). The van der Waals surface area contributed by atoms with Crippen LogP contribution in [-0.2, 0) is 0 Å². The van der Waals surface area contributed by atoms with Gasteiger partial charge in [-0.15, -0.1) is 0 Å². The zero-order valence-electron chi connectivity index (χ0n) is 39.8. The first-order valence-electron chi connectivity index (χ1n) is 24.5. The van der Waals surface area contributed by atoms with Crippen LogP contribution in [0.1, 0.15) is 0 Å². The van der Waals surface area contributed by atoms with Crippen molar-refractivity contribution in [3.63, 3.8) is 0 Å². The van der Waals surface area contributed by atoms with Crippen molar-refractivity contribution >= 4 is 69.2 Å². The third-order valence-corrected chi connectivity index (χ3v) is 22.9. The largest absolute Gasteiger partial charge is 0.458 e. The molecule has 0 aliphatic carbocycles. The van der Waals surface area contributed by atoms with E-state index < -0.39 is 16.1 Å². The average molecular weight is 958 g/mol. The molecule has 0 amide bonds. The molecule has 0 radical (unpaired) electrons. The molecule has 0 spiro atoms. The van der Waals surface area contributed by atoms with Crippen LogP contribution in [0.4, 0.5) is 0 Å². The zero-order valence-corrected chi connectivity index (χ0v) is 41.8. The van der Waals surface area contributed by atoms with Crippen LogP contribution in [0.3, 0.4) is 0 Å². The van der Waals surface area contributed by atoms with Crippen LogP contribution >= 0.6 is 0 Å². The van der Waals surface area contributed by atoms with E-state index in [0.717, 1.165) is 72.4 Å². The normalized spacial score (nSPS) is 12.8. The summed E-state index contributed by atoms with van der Waals surface area (Å²) in [6.45, 7) is 4.89. The molecular weight excluding hydrogens is 911 g/mol. The van der Waals surface area contributed by atoms with Crippen molar-refractivity contribution in [3.05, 3.63) is 249 Å². The maximum atomic E-state index is 6.79. The first-order chi connectivity index (χ1) is 35.4. The molecule has 7 heteroatoms. The summed E-state index contributed by atoms with van der Waals surface area (Å²) in [7, 11) is -5.35. The fraction of sp³-hybridized carbons (Fsp3) is 0.0308. The van der Waals surface area contributed by atoms with Gasteiger partial charge in [0, 0.05) is 27.5 Å². The lowest BCUT2D eigenvalue weighted by atomic mass is 9.95. The summed E-state index contributed by atoms with van der Waals surface area (Å²) in [6.07, 6.45) is 0. The molecule has 2 aromatic heterocycles. The van der Waals surface area contributed by atoms with Crippen molar-refractivity contribution < 1.29 is 9.15 Å². The molecular formula is C65H47N3O2Si2. The van der Waals surface area contributed by atoms with Crippen molar-refractivity contribution in [1.82, 2.24) is 15.0 Å². The summed E-state index contributed by atoms with van der Waals surface area (Å²) in [6, 6.07) is 89.2. The van der Waals surface area contributed by atoms with Gasteiger partial charge < -0.3 is 9.15 Å². The van der Waals surface area contributed by atoms with Gasteiger partial charge in [0.1, 0.15) is 30.7 Å². The van der Waals surface area contributed by atoms with Crippen LogP contribution in [-0.4, -0.2) is 31.1 Å². The van der Waals surface area contributed by atoms with Gasteiger partial charge in [-0.05, 0) is 102 Å². The lowest BCUT2D eigenvalue weighted by Crippen LogP contribution is -2.75. The van der Waals surface area contributed by atoms with E-state index in [1.54, 1.807) is 0 Å². The molecule has 72 heavy (non-hydrogen) atoms. The number of furan rings is 1. The molecule has 0 atom stereocenters. The number of rotatable bonds is 9. The molecule has 3 heterocycles. The van der Waals surface area contributed by atoms with E-state index in [9.17, 15) is 0 Å². The van der Waals surface area contributed by atoms with Gasteiger partial charge in [-0.1, -0.05) is 213 Å². The number of nitrogens with zero attached hydrogens (tertiary/aromatic N) is 3. The number of hydrogen-bond acceptors (Lipinski definition) is 5. The summed E-state index contributed by atoms with van der Waals surface area (Å²) in [4.78, 5) is 16.0. The minimum absolute atomic E-state index is 0.563. The predicted octanol–water partition coefficient (Wildman–Crippen LogP) is 12.4. The highest BCUT2D eigenvalue weighted by molar-refractivity contribution is 7.20. The van der Waals surface area contributed by atoms with Crippen LogP contribution in [0.15, 0.2) is 253 Å². The Morgan fingerprint density at radius 2 is 0.861 bits per heavy atom. The zero-order chi connectivity index (χ0) is 48.2. The second-order valence-corrected chi connectivity index (χ2v) is 27.1. The maximum absolute atomic E-state index is 6.79. The molecule has 0 saturated carbocycles. The SMILES string of the molecule is C[Si]1(C)c2ccccc2Oc2cccc(-c3cc(-c4nc(-c5ccccc5)nc(-c5ccc6c(c5)oc5ccccc56)n4)cc(-c4ccccc4[Si](c4ccccc4)(c4ccccc4)c4ccccc4)c3)c21. The third kappa shape index (κ3) is 7.24. The molecule has 12 aromatic rings.